The summed E-state index contributed by atoms with van der Waals surface area (Å²) in [6.07, 6.45) is 0. The quantitative estimate of drug-likeness (QED) is 0.815. The van der Waals surface area contributed by atoms with Gasteiger partial charge in [-0.25, -0.2) is 4.79 Å². The Bertz CT molecular complexity index is 806. The van der Waals surface area contributed by atoms with Crippen LogP contribution in [0.5, 0.6) is 0 Å². The van der Waals surface area contributed by atoms with Crippen LogP contribution in [0.25, 0.3) is 0 Å². The van der Waals surface area contributed by atoms with Crippen LogP contribution >= 0.6 is 11.6 Å². The fourth-order valence-electron chi connectivity index (χ4n) is 2.76. The monoisotopic (exact) mass is 355 g/mol. The summed E-state index contributed by atoms with van der Waals surface area (Å²) in [5.74, 6) is 0.659. The van der Waals surface area contributed by atoms with Crippen LogP contribution in [0.1, 0.15) is 31.9 Å². The number of rotatable bonds is 2. The van der Waals surface area contributed by atoms with Crippen LogP contribution in [-0.4, -0.2) is 29.9 Å². The molecule has 2 aromatic carbocycles. The molecule has 0 atom stereocenters. The predicted molar refractivity (Wildman–Crippen MR) is 104 cm³/mol. The second-order valence-electron chi connectivity index (χ2n) is 7.12. The molecule has 0 bridgehead atoms. The van der Waals surface area contributed by atoms with Crippen LogP contribution in [-0.2, 0) is 5.41 Å². The van der Waals surface area contributed by atoms with Crippen LogP contribution in [0.2, 0.25) is 5.02 Å². The molecule has 5 heteroatoms. The van der Waals surface area contributed by atoms with E-state index in [1.54, 1.807) is 4.90 Å². The second kappa shape index (κ2) is 6.89. The number of aliphatic imine (C=N–C) groups is 1. The molecule has 0 fully saturated rings. The highest BCUT2D eigenvalue weighted by molar-refractivity contribution is 6.31. The highest BCUT2D eigenvalue weighted by Crippen LogP contribution is 2.24. The molecule has 2 amide bonds. The Balaban J connectivity index is 1.74. The molecule has 1 N–H and O–H groups in total. The Morgan fingerprint density at radius 1 is 1.16 bits per heavy atom. The molecule has 4 nitrogen and oxygen atoms in total. The van der Waals surface area contributed by atoms with Gasteiger partial charge in [0, 0.05) is 22.8 Å². The zero-order chi connectivity index (χ0) is 18.0. The number of urea groups is 1. The molecule has 0 aromatic heterocycles. The SMILES string of the molecule is CC(C)(C)c1ccc(NC(=O)N2CCN=C2c2cccc(Cl)c2)cc1. The van der Waals surface area contributed by atoms with Gasteiger partial charge in [0.05, 0.1) is 6.54 Å². The van der Waals surface area contributed by atoms with E-state index in [0.717, 1.165) is 11.3 Å². The van der Waals surface area contributed by atoms with Crippen molar-refractivity contribution in [3.05, 3.63) is 64.7 Å². The van der Waals surface area contributed by atoms with Gasteiger partial charge in [-0.15, -0.1) is 0 Å². The van der Waals surface area contributed by atoms with E-state index in [1.807, 2.05) is 48.5 Å². The van der Waals surface area contributed by atoms with Crippen molar-refractivity contribution in [2.24, 2.45) is 4.99 Å². The van der Waals surface area contributed by atoms with Gasteiger partial charge in [-0.05, 0) is 35.2 Å². The van der Waals surface area contributed by atoms with Gasteiger partial charge < -0.3 is 5.32 Å². The minimum absolute atomic E-state index is 0.0872. The van der Waals surface area contributed by atoms with Crippen LogP contribution in [0.4, 0.5) is 10.5 Å². The summed E-state index contributed by atoms with van der Waals surface area (Å²) >= 11 is 6.06. The van der Waals surface area contributed by atoms with E-state index in [4.69, 9.17) is 11.6 Å². The van der Waals surface area contributed by atoms with Crippen LogP contribution in [0.15, 0.2) is 53.5 Å². The zero-order valence-electron chi connectivity index (χ0n) is 14.7. The number of hydrogen-bond donors (Lipinski definition) is 1. The first-order valence-corrected chi connectivity index (χ1v) is 8.72. The first kappa shape index (κ1) is 17.5. The number of hydrogen-bond acceptors (Lipinski definition) is 2. The third-order valence-electron chi connectivity index (χ3n) is 4.17. The molecule has 0 unspecified atom stereocenters. The molecule has 0 aliphatic carbocycles. The molecule has 3 rings (SSSR count). The Morgan fingerprint density at radius 2 is 1.88 bits per heavy atom. The normalized spacial score (nSPS) is 14.4. The summed E-state index contributed by atoms with van der Waals surface area (Å²) in [6.45, 7) is 7.65. The number of carbonyl (C=O) groups excluding carboxylic acids is 1. The third-order valence-corrected chi connectivity index (χ3v) is 4.41. The summed E-state index contributed by atoms with van der Waals surface area (Å²) in [4.78, 5) is 18.8. The average Bonchev–Trinajstić information content (AvgIpc) is 3.04. The Labute approximate surface area is 153 Å². The molecule has 0 spiro atoms. The van der Waals surface area contributed by atoms with Gasteiger partial charge >= 0.3 is 6.03 Å². The molecule has 1 heterocycles. The lowest BCUT2D eigenvalue weighted by Crippen LogP contribution is -2.38. The number of amidine groups is 1. The highest BCUT2D eigenvalue weighted by Gasteiger charge is 2.25. The number of benzene rings is 2. The molecule has 0 radical (unpaired) electrons. The van der Waals surface area contributed by atoms with Crippen molar-refractivity contribution < 1.29 is 4.79 Å². The number of carbonyl (C=O) groups is 1. The molecule has 2 aromatic rings. The summed E-state index contributed by atoms with van der Waals surface area (Å²) in [5.41, 5.74) is 2.94. The van der Waals surface area contributed by atoms with E-state index in [1.165, 1.54) is 5.56 Å². The maximum absolute atomic E-state index is 12.7. The van der Waals surface area contributed by atoms with Gasteiger partial charge in [0.15, 0.2) is 0 Å². The van der Waals surface area contributed by atoms with Crippen molar-refractivity contribution in [1.82, 2.24) is 4.90 Å². The van der Waals surface area contributed by atoms with E-state index < -0.39 is 0 Å². The minimum Gasteiger partial charge on any atom is -0.308 e. The fraction of sp³-hybridized carbons (Fsp3) is 0.300. The smallest absolute Gasteiger partial charge is 0.308 e. The van der Waals surface area contributed by atoms with Crippen molar-refractivity contribution >= 4 is 29.2 Å². The lowest BCUT2D eigenvalue weighted by atomic mass is 9.87. The van der Waals surface area contributed by atoms with Gasteiger partial charge in [-0.3, -0.25) is 9.89 Å². The first-order chi connectivity index (χ1) is 11.8. The maximum Gasteiger partial charge on any atom is 0.327 e. The maximum atomic E-state index is 12.7. The van der Waals surface area contributed by atoms with Gasteiger partial charge in [0.25, 0.3) is 0 Å². The van der Waals surface area contributed by atoms with E-state index in [0.29, 0.717) is 23.9 Å². The molecule has 0 saturated carbocycles. The number of nitrogens with one attached hydrogen (secondary N) is 1. The Morgan fingerprint density at radius 3 is 2.52 bits per heavy atom. The van der Waals surface area contributed by atoms with Crippen LogP contribution < -0.4 is 5.32 Å². The predicted octanol–water partition coefficient (Wildman–Crippen LogP) is 4.93. The van der Waals surface area contributed by atoms with E-state index in [-0.39, 0.29) is 11.4 Å². The molecular weight excluding hydrogens is 334 g/mol. The fourth-order valence-corrected chi connectivity index (χ4v) is 2.95. The summed E-state index contributed by atoms with van der Waals surface area (Å²) in [7, 11) is 0. The van der Waals surface area contributed by atoms with E-state index in [2.05, 4.69) is 31.1 Å². The highest BCUT2D eigenvalue weighted by atomic mass is 35.5. The molecule has 1 aliphatic rings. The lowest BCUT2D eigenvalue weighted by Gasteiger charge is -2.21. The van der Waals surface area contributed by atoms with Gasteiger partial charge in [0.2, 0.25) is 0 Å². The number of amides is 2. The van der Waals surface area contributed by atoms with Crippen molar-refractivity contribution in [3.63, 3.8) is 0 Å². The number of anilines is 1. The Hall–Kier alpha value is -2.33. The van der Waals surface area contributed by atoms with E-state index in [9.17, 15) is 4.79 Å². The minimum atomic E-state index is -0.181. The van der Waals surface area contributed by atoms with Crippen molar-refractivity contribution in [2.75, 3.05) is 18.4 Å². The van der Waals surface area contributed by atoms with Crippen molar-refractivity contribution in [3.8, 4) is 0 Å². The largest absolute Gasteiger partial charge is 0.327 e. The number of halogens is 1. The standard InChI is InChI=1S/C20H22ClN3O/c1-20(2,3)15-7-9-17(10-8-15)23-19(25)24-12-11-22-18(24)14-5-4-6-16(21)13-14/h4-10,13H,11-12H2,1-3H3,(H,23,25). The van der Waals surface area contributed by atoms with Crippen molar-refractivity contribution in [2.45, 2.75) is 26.2 Å². The molecular formula is C20H22ClN3O. The average molecular weight is 356 g/mol. The van der Waals surface area contributed by atoms with Crippen LogP contribution in [0.3, 0.4) is 0 Å². The third kappa shape index (κ3) is 4.02. The lowest BCUT2D eigenvalue weighted by molar-refractivity contribution is 0.236. The number of nitrogens with zero attached hydrogens (tertiary/aromatic N) is 2. The van der Waals surface area contributed by atoms with Crippen LogP contribution in [0, 0.1) is 0 Å². The molecule has 25 heavy (non-hydrogen) atoms. The topological polar surface area (TPSA) is 44.7 Å². The van der Waals surface area contributed by atoms with Gasteiger partial charge in [-0.1, -0.05) is 56.6 Å². The van der Waals surface area contributed by atoms with E-state index >= 15 is 0 Å². The zero-order valence-corrected chi connectivity index (χ0v) is 15.5. The first-order valence-electron chi connectivity index (χ1n) is 8.34. The summed E-state index contributed by atoms with van der Waals surface area (Å²) in [5, 5.41) is 3.58. The van der Waals surface area contributed by atoms with Crippen molar-refractivity contribution in [1.29, 1.82) is 0 Å². The summed E-state index contributed by atoms with van der Waals surface area (Å²) < 4.78 is 0. The summed E-state index contributed by atoms with van der Waals surface area (Å²) in [6, 6.07) is 15.2. The van der Waals surface area contributed by atoms with Gasteiger partial charge in [-0.2, -0.15) is 0 Å². The van der Waals surface area contributed by atoms with Gasteiger partial charge in [0.1, 0.15) is 5.84 Å². The second-order valence-corrected chi connectivity index (χ2v) is 7.56. The molecule has 0 saturated heterocycles. The molecule has 130 valence electrons. The molecule has 1 aliphatic heterocycles. The Kier molecular flexibility index (Phi) is 4.82.